The third-order valence-corrected chi connectivity index (χ3v) is 4.43. The number of fused-ring (bicyclic) bond motifs is 1. The molecular weight excluding hydrogens is 399 g/mol. The lowest BCUT2D eigenvalue weighted by Crippen LogP contribution is -2.28. The van der Waals surface area contributed by atoms with Crippen LogP contribution in [-0.4, -0.2) is 30.5 Å². The van der Waals surface area contributed by atoms with Crippen LogP contribution >= 0.6 is 11.6 Å². The Morgan fingerprint density at radius 3 is 2.79 bits per heavy atom. The minimum absolute atomic E-state index is 0.000560. The predicted octanol–water partition coefficient (Wildman–Crippen LogP) is 2.47. The number of anilines is 1. The van der Waals surface area contributed by atoms with E-state index in [1.807, 2.05) is 0 Å². The molecule has 0 unspecified atom stereocenters. The van der Waals surface area contributed by atoms with Crippen LogP contribution in [0.15, 0.2) is 59.7 Å². The molecule has 0 saturated carbocycles. The largest absolute Gasteiger partial charge is 0.324 e. The van der Waals surface area contributed by atoms with Gasteiger partial charge < -0.3 is 5.32 Å². The van der Waals surface area contributed by atoms with Crippen LogP contribution in [0.2, 0.25) is 5.02 Å². The van der Waals surface area contributed by atoms with Crippen molar-refractivity contribution in [2.45, 2.75) is 13.1 Å². The van der Waals surface area contributed by atoms with Gasteiger partial charge in [0.05, 0.1) is 6.54 Å². The molecule has 146 valence electrons. The second-order valence-corrected chi connectivity index (χ2v) is 6.68. The predicted molar refractivity (Wildman–Crippen MR) is 105 cm³/mol. The highest BCUT2D eigenvalue weighted by Gasteiger charge is 2.15. The van der Waals surface area contributed by atoms with Gasteiger partial charge in [0.15, 0.2) is 11.2 Å². The Morgan fingerprint density at radius 1 is 1.17 bits per heavy atom. The summed E-state index contributed by atoms with van der Waals surface area (Å²) < 4.78 is 16.3. The van der Waals surface area contributed by atoms with Crippen molar-refractivity contribution < 1.29 is 9.18 Å². The molecule has 29 heavy (non-hydrogen) atoms. The van der Waals surface area contributed by atoms with Crippen molar-refractivity contribution >= 4 is 34.4 Å². The fourth-order valence-corrected chi connectivity index (χ4v) is 3.01. The fraction of sp³-hybridized carbons (Fsp3) is 0.105. The van der Waals surface area contributed by atoms with Crippen LogP contribution in [0, 0.1) is 5.82 Å². The summed E-state index contributed by atoms with van der Waals surface area (Å²) in [7, 11) is 0. The first-order valence-corrected chi connectivity index (χ1v) is 8.96. The quantitative estimate of drug-likeness (QED) is 0.543. The van der Waals surface area contributed by atoms with E-state index >= 15 is 0 Å². The molecule has 0 bridgehead atoms. The van der Waals surface area contributed by atoms with E-state index in [1.54, 1.807) is 42.5 Å². The smallest absolute Gasteiger partial charge is 0.283 e. The van der Waals surface area contributed by atoms with E-state index in [1.165, 1.54) is 17.1 Å². The molecule has 10 heteroatoms. The second kappa shape index (κ2) is 7.80. The van der Waals surface area contributed by atoms with E-state index in [9.17, 15) is 14.0 Å². The first-order valence-electron chi connectivity index (χ1n) is 8.59. The van der Waals surface area contributed by atoms with Gasteiger partial charge in [-0.25, -0.2) is 14.1 Å². The maximum absolute atomic E-state index is 13.9. The van der Waals surface area contributed by atoms with E-state index in [4.69, 9.17) is 11.6 Å². The van der Waals surface area contributed by atoms with E-state index < -0.39 is 11.5 Å². The summed E-state index contributed by atoms with van der Waals surface area (Å²) >= 11 is 5.89. The molecule has 8 nitrogen and oxygen atoms in total. The Bertz CT molecular complexity index is 1270. The maximum atomic E-state index is 13.9. The van der Waals surface area contributed by atoms with Gasteiger partial charge in [0.1, 0.15) is 18.7 Å². The lowest BCUT2D eigenvalue weighted by molar-refractivity contribution is -0.116. The minimum Gasteiger partial charge on any atom is -0.324 e. The minimum atomic E-state index is -0.518. The molecule has 0 aliphatic rings. The van der Waals surface area contributed by atoms with Gasteiger partial charge in [0.2, 0.25) is 5.91 Å². The van der Waals surface area contributed by atoms with Crippen LogP contribution in [0.4, 0.5) is 10.1 Å². The third kappa shape index (κ3) is 3.99. The summed E-state index contributed by atoms with van der Waals surface area (Å²) in [6.07, 6.45) is 1.24. The Hall–Kier alpha value is -3.59. The van der Waals surface area contributed by atoms with Gasteiger partial charge in [-0.05, 0) is 24.3 Å². The Labute approximate surface area is 168 Å². The Balaban J connectivity index is 1.56. The molecule has 1 N–H and O–H groups in total. The molecule has 2 heterocycles. The van der Waals surface area contributed by atoms with Crippen LogP contribution in [0.3, 0.4) is 0 Å². The first-order chi connectivity index (χ1) is 14.0. The van der Waals surface area contributed by atoms with Crippen molar-refractivity contribution in [2.24, 2.45) is 0 Å². The van der Waals surface area contributed by atoms with Crippen LogP contribution in [0.1, 0.15) is 5.56 Å². The van der Waals surface area contributed by atoms with Crippen molar-refractivity contribution in [1.29, 1.82) is 0 Å². The number of halogens is 2. The molecule has 1 amide bonds. The Morgan fingerprint density at radius 2 is 2.00 bits per heavy atom. The Kier molecular flexibility index (Phi) is 5.05. The highest BCUT2D eigenvalue weighted by atomic mass is 35.5. The lowest BCUT2D eigenvalue weighted by Gasteiger charge is -2.07. The van der Waals surface area contributed by atoms with Crippen molar-refractivity contribution in [3.63, 3.8) is 0 Å². The van der Waals surface area contributed by atoms with Gasteiger partial charge in [0, 0.05) is 16.3 Å². The van der Waals surface area contributed by atoms with Crippen molar-refractivity contribution in [2.75, 3.05) is 5.32 Å². The standard InChI is InChI=1S/C19H14ClFN6O2/c20-13-5-3-6-14(8-13)23-16(28)10-26-11-22-18-17(19(26)29)24-25-27(18)9-12-4-1-2-7-15(12)21/h1-8,11H,9-10H2,(H,23,28). The average Bonchev–Trinajstić information content (AvgIpc) is 3.09. The molecule has 4 rings (SSSR count). The molecule has 0 fully saturated rings. The number of nitrogens with one attached hydrogen (secondary N) is 1. The first kappa shape index (κ1) is 18.8. The van der Waals surface area contributed by atoms with E-state index in [-0.39, 0.29) is 30.1 Å². The fourth-order valence-electron chi connectivity index (χ4n) is 2.82. The normalized spacial score (nSPS) is 11.0. The van der Waals surface area contributed by atoms with Crippen molar-refractivity contribution in [3.05, 3.63) is 81.6 Å². The van der Waals surface area contributed by atoms with E-state index in [0.29, 0.717) is 16.3 Å². The molecule has 0 spiro atoms. The molecule has 0 radical (unpaired) electrons. The summed E-state index contributed by atoms with van der Waals surface area (Å²) in [5.41, 5.74) is 0.603. The highest BCUT2D eigenvalue weighted by molar-refractivity contribution is 6.30. The zero-order valence-corrected chi connectivity index (χ0v) is 15.7. The van der Waals surface area contributed by atoms with Crippen LogP contribution in [-0.2, 0) is 17.9 Å². The van der Waals surface area contributed by atoms with Crippen LogP contribution in [0.25, 0.3) is 11.2 Å². The monoisotopic (exact) mass is 412 g/mol. The van der Waals surface area contributed by atoms with Gasteiger partial charge in [-0.15, -0.1) is 5.10 Å². The number of hydrogen-bond donors (Lipinski definition) is 1. The second-order valence-electron chi connectivity index (χ2n) is 6.25. The molecular formula is C19H14ClFN6O2. The lowest BCUT2D eigenvalue weighted by atomic mass is 10.2. The summed E-state index contributed by atoms with van der Waals surface area (Å²) in [6, 6.07) is 12.9. The number of carbonyl (C=O) groups is 1. The number of amides is 1. The van der Waals surface area contributed by atoms with Gasteiger partial charge in [0.25, 0.3) is 5.56 Å². The molecule has 2 aromatic heterocycles. The molecule has 0 atom stereocenters. The van der Waals surface area contributed by atoms with Crippen molar-refractivity contribution in [1.82, 2.24) is 24.5 Å². The average molecular weight is 413 g/mol. The number of hydrogen-bond acceptors (Lipinski definition) is 5. The maximum Gasteiger partial charge on any atom is 0.283 e. The highest BCUT2D eigenvalue weighted by Crippen LogP contribution is 2.15. The molecule has 2 aromatic carbocycles. The van der Waals surface area contributed by atoms with Gasteiger partial charge in [-0.1, -0.05) is 41.1 Å². The zero-order chi connectivity index (χ0) is 20.4. The summed E-state index contributed by atoms with van der Waals surface area (Å²) in [6.45, 7) is -0.177. The number of carbonyl (C=O) groups excluding carboxylic acids is 1. The topological polar surface area (TPSA) is 94.7 Å². The number of rotatable bonds is 5. The zero-order valence-electron chi connectivity index (χ0n) is 14.9. The number of nitrogens with zero attached hydrogens (tertiary/aromatic N) is 5. The molecule has 0 aliphatic carbocycles. The van der Waals surface area contributed by atoms with Gasteiger partial charge in [-0.2, -0.15) is 0 Å². The third-order valence-electron chi connectivity index (χ3n) is 4.19. The molecule has 0 aliphatic heterocycles. The molecule has 4 aromatic rings. The van der Waals surface area contributed by atoms with E-state index in [0.717, 1.165) is 4.57 Å². The van der Waals surface area contributed by atoms with Gasteiger partial charge >= 0.3 is 0 Å². The number of aromatic nitrogens is 5. The summed E-state index contributed by atoms with van der Waals surface area (Å²) in [5, 5.41) is 10.9. The van der Waals surface area contributed by atoms with E-state index in [2.05, 4.69) is 20.6 Å². The van der Waals surface area contributed by atoms with Crippen LogP contribution in [0.5, 0.6) is 0 Å². The summed E-state index contributed by atoms with van der Waals surface area (Å²) in [4.78, 5) is 29.1. The van der Waals surface area contributed by atoms with Crippen molar-refractivity contribution in [3.8, 4) is 0 Å². The number of benzene rings is 2. The van der Waals surface area contributed by atoms with Crippen LogP contribution < -0.4 is 10.9 Å². The molecule has 0 saturated heterocycles. The SMILES string of the molecule is O=C(Cn1cnc2c(nnn2Cc2ccccc2F)c1=O)Nc1cccc(Cl)c1. The van der Waals surface area contributed by atoms with Gasteiger partial charge in [-0.3, -0.25) is 14.2 Å². The summed E-state index contributed by atoms with van der Waals surface area (Å²) in [5.74, 6) is -0.809.